The fraction of sp³-hybridized carbons (Fsp3) is 0.571. The molecule has 1 aromatic carbocycles. The quantitative estimate of drug-likeness (QED) is 0.835. The Morgan fingerprint density at radius 3 is 2.70 bits per heavy atom. The van der Waals surface area contributed by atoms with Crippen LogP contribution in [-0.2, 0) is 14.8 Å². The second-order valence-electron chi connectivity index (χ2n) is 4.73. The molecule has 0 bridgehead atoms. The lowest BCUT2D eigenvalue weighted by Gasteiger charge is -2.11. The van der Waals surface area contributed by atoms with E-state index in [2.05, 4.69) is 4.72 Å². The summed E-state index contributed by atoms with van der Waals surface area (Å²) >= 11 is 0. The molecular weight excluding hydrogens is 278 g/mol. The lowest BCUT2D eigenvalue weighted by molar-refractivity contribution is 0.105. The van der Waals surface area contributed by atoms with E-state index in [9.17, 15) is 8.42 Å². The fourth-order valence-electron chi connectivity index (χ4n) is 2.19. The van der Waals surface area contributed by atoms with Crippen LogP contribution in [0.4, 0.5) is 0 Å². The number of nitrogens with one attached hydrogen (secondary N) is 1. The maximum absolute atomic E-state index is 12.1. The molecule has 1 aliphatic heterocycles. The SMILES string of the molecule is CCOc1ccc(S(=O)(=O)NCCC2CCCO2)cc1. The zero-order valence-electron chi connectivity index (χ0n) is 11.7. The molecule has 1 N–H and O–H groups in total. The molecule has 0 aromatic heterocycles. The Balaban J connectivity index is 1.88. The van der Waals surface area contributed by atoms with Crippen LogP contribution in [0.2, 0.25) is 0 Å². The van der Waals surface area contributed by atoms with Crippen LogP contribution in [0.5, 0.6) is 5.75 Å². The number of ether oxygens (including phenoxy) is 2. The van der Waals surface area contributed by atoms with Gasteiger partial charge in [0.05, 0.1) is 17.6 Å². The lowest BCUT2D eigenvalue weighted by atomic mass is 10.2. The van der Waals surface area contributed by atoms with Crippen molar-refractivity contribution in [3.05, 3.63) is 24.3 Å². The van der Waals surface area contributed by atoms with Gasteiger partial charge in [0.1, 0.15) is 5.75 Å². The van der Waals surface area contributed by atoms with Crippen molar-refractivity contribution >= 4 is 10.0 Å². The van der Waals surface area contributed by atoms with E-state index in [0.717, 1.165) is 25.9 Å². The number of rotatable bonds is 7. The van der Waals surface area contributed by atoms with Gasteiger partial charge in [-0.05, 0) is 50.5 Å². The maximum Gasteiger partial charge on any atom is 0.240 e. The number of hydrogen-bond donors (Lipinski definition) is 1. The zero-order valence-corrected chi connectivity index (χ0v) is 12.5. The molecule has 1 aromatic rings. The Labute approximate surface area is 120 Å². The highest BCUT2D eigenvalue weighted by Gasteiger charge is 2.18. The van der Waals surface area contributed by atoms with Gasteiger partial charge in [0.2, 0.25) is 10.0 Å². The number of sulfonamides is 1. The number of benzene rings is 1. The summed E-state index contributed by atoms with van der Waals surface area (Å²) in [5.74, 6) is 0.672. The van der Waals surface area contributed by atoms with Crippen molar-refractivity contribution in [2.75, 3.05) is 19.8 Å². The van der Waals surface area contributed by atoms with Crippen molar-refractivity contribution in [3.63, 3.8) is 0 Å². The predicted octanol–water partition coefficient (Wildman–Crippen LogP) is 1.93. The normalized spacial score (nSPS) is 19.1. The molecule has 5 nitrogen and oxygen atoms in total. The molecular formula is C14H21NO4S. The second kappa shape index (κ2) is 7.06. The summed E-state index contributed by atoms with van der Waals surface area (Å²) in [6.07, 6.45) is 3.00. The summed E-state index contributed by atoms with van der Waals surface area (Å²) in [7, 11) is -3.44. The molecule has 1 unspecified atom stereocenters. The third-order valence-corrected chi connectivity index (χ3v) is 4.70. The molecule has 0 amide bonds. The van der Waals surface area contributed by atoms with Crippen molar-refractivity contribution in [2.24, 2.45) is 0 Å². The molecule has 0 saturated carbocycles. The van der Waals surface area contributed by atoms with E-state index in [4.69, 9.17) is 9.47 Å². The van der Waals surface area contributed by atoms with Gasteiger partial charge in [-0.25, -0.2) is 13.1 Å². The van der Waals surface area contributed by atoms with Gasteiger partial charge >= 0.3 is 0 Å². The van der Waals surface area contributed by atoms with Crippen molar-refractivity contribution in [1.82, 2.24) is 4.72 Å². The van der Waals surface area contributed by atoms with E-state index in [1.165, 1.54) is 0 Å². The molecule has 0 aliphatic carbocycles. The maximum atomic E-state index is 12.1. The molecule has 2 rings (SSSR count). The Bertz CT molecular complexity index is 506. The summed E-state index contributed by atoms with van der Waals surface area (Å²) in [6, 6.07) is 6.44. The highest BCUT2D eigenvalue weighted by molar-refractivity contribution is 7.89. The van der Waals surface area contributed by atoms with E-state index >= 15 is 0 Å². The van der Waals surface area contributed by atoms with Crippen LogP contribution >= 0.6 is 0 Å². The van der Waals surface area contributed by atoms with Crippen LogP contribution in [0.3, 0.4) is 0 Å². The molecule has 6 heteroatoms. The van der Waals surface area contributed by atoms with E-state index in [1.54, 1.807) is 24.3 Å². The first kappa shape index (κ1) is 15.3. The third-order valence-electron chi connectivity index (χ3n) is 3.23. The lowest BCUT2D eigenvalue weighted by Crippen LogP contribution is -2.27. The average Bonchev–Trinajstić information content (AvgIpc) is 2.93. The van der Waals surface area contributed by atoms with Crippen molar-refractivity contribution in [2.45, 2.75) is 37.2 Å². The predicted molar refractivity (Wildman–Crippen MR) is 76.4 cm³/mol. The number of hydrogen-bond acceptors (Lipinski definition) is 4. The molecule has 1 fully saturated rings. The first-order chi connectivity index (χ1) is 9.62. The van der Waals surface area contributed by atoms with Gasteiger partial charge < -0.3 is 9.47 Å². The van der Waals surface area contributed by atoms with Crippen LogP contribution < -0.4 is 9.46 Å². The van der Waals surface area contributed by atoms with E-state index < -0.39 is 10.0 Å². The summed E-state index contributed by atoms with van der Waals surface area (Å²) in [5.41, 5.74) is 0. The molecule has 20 heavy (non-hydrogen) atoms. The van der Waals surface area contributed by atoms with Gasteiger partial charge in [0, 0.05) is 13.2 Å². The zero-order chi connectivity index (χ0) is 14.4. The fourth-order valence-corrected chi connectivity index (χ4v) is 3.24. The summed E-state index contributed by atoms with van der Waals surface area (Å²) in [6.45, 7) is 3.64. The van der Waals surface area contributed by atoms with E-state index in [-0.39, 0.29) is 11.0 Å². The van der Waals surface area contributed by atoms with Crippen LogP contribution in [-0.4, -0.2) is 34.3 Å². The van der Waals surface area contributed by atoms with Crippen molar-refractivity contribution in [3.8, 4) is 5.75 Å². The molecule has 1 heterocycles. The Morgan fingerprint density at radius 2 is 2.10 bits per heavy atom. The van der Waals surface area contributed by atoms with Crippen molar-refractivity contribution in [1.29, 1.82) is 0 Å². The van der Waals surface area contributed by atoms with Gasteiger partial charge in [-0.1, -0.05) is 0 Å². The monoisotopic (exact) mass is 299 g/mol. The van der Waals surface area contributed by atoms with Crippen LogP contribution in [0.15, 0.2) is 29.2 Å². The Kier molecular flexibility index (Phi) is 5.39. The standard InChI is InChI=1S/C14H21NO4S/c1-2-18-13-5-7-14(8-6-13)20(16,17)15-10-9-12-4-3-11-19-12/h5-8,12,15H,2-4,9-11H2,1H3. The molecule has 0 radical (unpaired) electrons. The smallest absolute Gasteiger partial charge is 0.240 e. The van der Waals surface area contributed by atoms with Crippen LogP contribution in [0.1, 0.15) is 26.2 Å². The summed E-state index contributed by atoms with van der Waals surface area (Å²) < 4.78 is 37.5. The molecule has 1 aliphatic rings. The minimum Gasteiger partial charge on any atom is -0.494 e. The highest BCUT2D eigenvalue weighted by Crippen LogP contribution is 2.17. The van der Waals surface area contributed by atoms with Gasteiger partial charge in [0.15, 0.2) is 0 Å². The second-order valence-corrected chi connectivity index (χ2v) is 6.49. The first-order valence-corrected chi connectivity index (χ1v) is 8.44. The van der Waals surface area contributed by atoms with Gasteiger partial charge in [0.25, 0.3) is 0 Å². The summed E-state index contributed by atoms with van der Waals surface area (Å²) in [5, 5.41) is 0. The average molecular weight is 299 g/mol. The van der Waals surface area contributed by atoms with Crippen molar-refractivity contribution < 1.29 is 17.9 Å². The molecule has 1 atom stereocenters. The minimum absolute atomic E-state index is 0.193. The largest absolute Gasteiger partial charge is 0.494 e. The first-order valence-electron chi connectivity index (χ1n) is 6.96. The van der Waals surface area contributed by atoms with Crippen LogP contribution in [0.25, 0.3) is 0 Å². The molecule has 0 spiro atoms. The van der Waals surface area contributed by atoms with Crippen LogP contribution in [0, 0.1) is 0 Å². The molecule has 112 valence electrons. The topological polar surface area (TPSA) is 64.6 Å². The Morgan fingerprint density at radius 1 is 1.35 bits per heavy atom. The Hall–Kier alpha value is -1.11. The highest BCUT2D eigenvalue weighted by atomic mass is 32.2. The molecule has 1 saturated heterocycles. The van der Waals surface area contributed by atoms with Gasteiger partial charge in [-0.3, -0.25) is 0 Å². The van der Waals surface area contributed by atoms with E-state index in [1.807, 2.05) is 6.92 Å². The van der Waals surface area contributed by atoms with E-state index in [0.29, 0.717) is 18.9 Å². The van der Waals surface area contributed by atoms with Gasteiger partial charge in [-0.15, -0.1) is 0 Å². The third kappa shape index (κ3) is 4.19. The minimum atomic E-state index is -3.44. The van der Waals surface area contributed by atoms with Gasteiger partial charge in [-0.2, -0.15) is 0 Å². The summed E-state index contributed by atoms with van der Waals surface area (Å²) in [4.78, 5) is 0.258.